The first-order valence-corrected chi connectivity index (χ1v) is 7.16. The highest BCUT2D eigenvalue weighted by Crippen LogP contribution is 2.44. The van der Waals surface area contributed by atoms with Crippen LogP contribution in [0.25, 0.3) is 0 Å². The van der Waals surface area contributed by atoms with Gasteiger partial charge in [-0.05, 0) is 43.2 Å². The fourth-order valence-electron chi connectivity index (χ4n) is 2.81. The SMILES string of the molecule is CSc1cccc(NC2CC3CC=CC32)c1. The molecule has 1 nitrogen and oxygen atoms in total. The largest absolute Gasteiger partial charge is 0.382 e. The van der Waals surface area contributed by atoms with Crippen molar-refractivity contribution in [3.05, 3.63) is 36.4 Å². The molecule has 0 aliphatic heterocycles. The minimum Gasteiger partial charge on any atom is -0.382 e. The Labute approximate surface area is 101 Å². The maximum atomic E-state index is 3.66. The Morgan fingerprint density at radius 2 is 2.31 bits per heavy atom. The monoisotopic (exact) mass is 231 g/mol. The Morgan fingerprint density at radius 1 is 1.38 bits per heavy atom. The predicted molar refractivity (Wildman–Crippen MR) is 71.0 cm³/mol. The van der Waals surface area contributed by atoms with Crippen LogP contribution < -0.4 is 5.32 Å². The lowest BCUT2D eigenvalue weighted by Crippen LogP contribution is -2.43. The molecule has 0 radical (unpaired) electrons. The van der Waals surface area contributed by atoms with E-state index in [4.69, 9.17) is 0 Å². The summed E-state index contributed by atoms with van der Waals surface area (Å²) in [4.78, 5) is 1.34. The molecule has 3 rings (SSSR count). The number of benzene rings is 1. The van der Waals surface area contributed by atoms with Gasteiger partial charge in [0.05, 0.1) is 0 Å². The highest BCUT2D eigenvalue weighted by Gasteiger charge is 2.40. The first-order valence-electron chi connectivity index (χ1n) is 5.94. The smallest absolute Gasteiger partial charge is 0.0353 e. The normalized spacial score (nSPS) is 30.9. The third kappa shape index (κ3) is 1.75. The molecule has 1 N–H and O–H groups in total. The molecular formula is C14H17NS. The number of hydrogen-bond acceptors (Lipinski definition) is 2. The van der Waals surface area contributed by atoms with Gasteiger partial charge in [0.1, 0.15) is 0 Å². The number of anilines is 1. The van der Waals surface area contributed by atoms with Gasteiger partial charge in [0, 0.05) is 22.5 Å². The number of fused-ring (bicyclic) bond motifs is 1. The molecule has 0 spiro atoms. The summed E-state index contributed by atoms with van der Waals surface area (Å²) in [5.41, 5.74) is 1.27. The summed E-state index contributed by atoms with van der Waals surface area (Å²) in [6.07, 6.45) is 9.49. The summed E-state index contributed by atoms with van der Waals surface area (Å²) >= 11 is 1.80. The summed E-state index contributed by atoms with van der Waals surface area (Å²) in [5, 5.41) is 3.66. The molecule has 1 aromatic rings. The van der Waals surface area contributed by atoms with E-state index in [1.807, 2.05) is 0 Å². The molecule has 0 amide bonds. The fourth-order valence-corrected chi connectivity index (χ4v) is 3.27. The van der Waals surface area contributed by atoms with Crippen LogP contribution in [-0.2, 0) is 0 Å². The van der Waals surface area contributed by atoms with Crippen molar-refractivity contribution in [1.29, 1.82) is 0 Å². The van der Waals surface area contributed by atoms with Crippen LogP contribution in [0.1, 0.15) is 12.8 Å². The second-order valence-electron chi connectivity index (χ2n) is 4.72. The Bertz CT molecular complexity index is 413. The molecule has 2 aliphatic rings. The highest BCUT2D eigenvalue weighted by atomic mass is 32.2. The van der Waals surface area contributed by atoms with Gasteiger partial charge in [0.15, 0.2) is 0 Å². The van der Waals surface area contributed by atoms with Gasteiger partial charge in [-0.15, -0.1) is 11.8 Å². The van der Waals surface area contributed by atoms with Crippen LogP contribution in [0.15, 0.2) is 41.3 Å². The molecule has 0 bridgehead atoms. The molecule has 0 heterocycles. The number of nitrogens with one attached hydrogen (secondary N) is 1. The Morgan fingerprint density at radius 3 is 3.12 bits per heavy atom. The van der Waals surface area contributed by atoms with Crippen LogP contribution in [-0.4, -0.2) is 12.3 Å². The van der Waals surface area contributed by atoms with Crippen molar-refractivity contribution in [2.45, 2.75) is 23.8 Å². The topological polar surface area (TPSA) is 12.0 Å². The summed E-state index contributed by atoms with van der Waals surface area (Å²) in [7, 11) is 0. The van der Waals surface area contributed by atoms with Gasteiger partial charge in [0.25, 0.3) is 0 Å². The molecule has 3 atom stereocenters. The maximum Gasteiger partial charge on any atom is 0.0353 e. The summed E-state index contributed by atoms with van der Waals surface area (Å²) < 4.78 is 0. The molecule has 84 valence electrons. The molecule has 1 saturated carbocycles. The van der Waals surface area contributed by atoms with Crippen LogP contribution in [0.2, 0.25) is 0 Å². The van der Waals surface area contributed by atoms with Gasteiger partial charge < -0.3 is 5.32 Å². The molecule has 3 unspecified atom stereocenters. The second kappa shape index (κ2) is 4.17. The Hall–Kier alpha value is -0.890. The second-order valence-corrected chi connectivity index (χ2v) is 5.60. The van der Waals surface area contributed by atoms with Crippen LogP contribution in [0.3, 0.4) is 0 Å². The lowest BCUT2D eigenvalue weighted by molar-refractivity contribution is 0.218. The third-order valence-electron chi connectivity index (χ3n) is 3.78. The minimum atomic E-state index is 0.667. The van der Waals surface area contributed by atoms with E-state index in [1.54, 1.807) is 11.8 Å². The molecule has 16 heavy (non-hydrogen) atoms. The van der Waals surface area contributed by atoms with Gasteiger partial charge in [-0.3, -0.25) is 0 Å². The van der Waals surface area contributed by atoms with Gasteiger partial charge in [0.2, 0.25) is 0 Å². The van der Waals surface area contributed by atoms with E-state index in [9.17, 15) is 0 Å². The number of hydrogen-bond donors (Lipinski definition) is 1. The third-order valence-corrected chi connectivity index (χ3v) is 4.51. The first kappa shape index (κ1) is 10.3. The van der Waals surface area contributed by atoms with Crippen molar-refractivity contribution in [3.63, 3.8) is 0 Å². The number of allylic oxidation sites excluding steroid dienone is 1. The molecule has 0 aromatic heterocycles. The summed E-state index contributed by atoms with van der Waals surface area (Å²) in [6, 6.07) is 9.38. The average Bonchev–Trinajstić information content (AvgIpc) is 2.68. The van der Waals surface area contributed by atoms with Crippen molar-refractivity contribution in [2.75, 3.05) is 11.6 Å². The first-order chi connectivity index (χ1) is 7.86. The standard InChI is InChI=1S/C14H17NS/c1-16-12-6-3-5-11(9-12)15-14-8-10-4-2-7-13(10)14/h2-3,5-7,9-10,13-15H,4,8H2,1H3. The van der Waals surface area contributed by atoms with Crippen LogP contribution in [0.4, 0.5) is 5.69 Å². The number of rotatable bonds is 3. The van der Waals surface area contributed by atoms with Crippen molar-refractivity contribution >= 4 is 17.4 Å². The van der Waals surface area contributed by atoms with Crippen molar-refractivity contribution in [1.82, 2.24) is 0 Å². The minimum absolute atomic E-state index is 0.667. The van der Waals surface area contributed by atoms with Crippen molar-refractivity contribution < 1.29 is 0 Å². The molecule has 2 heteroatoms. The highest BCUT2D eigenvalue weighted by molar-refractivity contribution is 7.98. The van der Waals surface area contributed by atoms with E-state index in [0.29, 0.717) is 6.04 Å². The summed E-state index contributed by atoms with van der Waals surface area (Å²) in [5.74, 6) is 1.72. The molecule has 1 aromatic carbocycles. The lowest BCUT2D eigenvalue weighted by atomic mass is 9.71. The van der Waals surface area contributed by atoms with E-state index in [2.05, 4.69) is 48.0 Å². The predicted octanol–water partition coefficient (Wildman–Crippen LogP) is 3.79. The lowest BCUT2D eigenvalue weighted by Gasteiger charge is -2.41. The van der Waals surface area contributed by atoms with E-state index >= 15 is 0 Å². The Balaban J connectivity index is 1.68. The van der Waals surface area contributed by atoms with Crippen molar-refractivity contribution in [2.24, 2.45) is 11.8 Å². The van der Waals surface area contributed by atoms with E-state index in [1.165, 1.54) is 23.4 Å². The average molecular weight is 231 g/mol. The molecular weight excluding hydrogens is 214 g/mol. The van der Waals surface area contributed by atoms with Crippen LogP contribution >= 0.6 is 11.8 Å². The Kier molecular flexibility index (Phi) is 2.68. The zero-order valence-corrected chi connectivity index (χ0v) is 10.3. The van der Waals surface area contributed by atoms with E-state index in [0.717, 1.165) is 11.8 Å². The van der Waals surface area contributed by atoms with E-state index in [-0.39, 0.29) is 0 Å². The van der Waals surface area contributed by atoms with Crippen molar-refractivity contribution in [3.8, 4) is 0 Å². The maximum absolute atomic E-state index is 3.66. The number of thioether (sulfide) groups is 1. The van der Waals surface area contributed by atoms with Gasteiger partial charge in [-0.1, -0.05) is 18.2 Å². The zero-order valence-electron chi connectivity index (χ0n) is 9.52. The zero-order chi connectivity index (χ0) is 11.0. The van der Waals surface area contributed by atoms with Crippen LogP contribution in [0.5, 0.6) is 0 Å². The quantitative estimate of drug-likeness (QED) is 0.627. The van der Waals surface area contributed by atoms with Gasteiger partial charge in [-0.2, -0.15) is 0 Å². The van der Waals surface area contributed by atoms with Gasteiger partial charge in [-0.25, -0.2) is 0 Å². The van der Waals surface area contributed by atoms with E-state index < -0.39 is 0 Å². The fraction of sp³-hybridized carbons (Fsp3) is 0.429. The van der Waals surface area contributed by atoms with Gasteiger partial charge >= 0.3 is 0 Å². The molecule has 0 saturated heterocycles. The summed E-state index contributed by atoms with van der Waals surface area (Å²) in [6.45, 7) is 0. The molecule has 1 fully saturated rings. The molecule has 2 aliphatic carbocycles. The van der Waals surface area contributed by atoms with Crippen LogP contribution in [0, 0.1) is 11.8 Å².